The number of fused-ring (bicyclic) bond motifs is 1. The Hall–Kier alpha value is -4.79. The maximum Gasteiger partial charge on any atom is 0.347 e. The van der Waals surface area contributed by atoms with Crippen LogP contribution in [0.2, 0.25) is 10.0 Å². The van der Waals surface area contributed by atoms with Gasteiger partial charge < -0.3 is 19.2 Å². The highest BCUT2D eigenvalue weighted by Gasteiger charge is 2.21. The molecule has 0 saturated carbocycles. The molecule has 0 spiro atoms. The molecule has 1 amide bonds. The average Bonchev–Trinajstić information content (AvgIpc) is 3.38. The lowest BCUT2D eigenvalue weighted by molar-refractivity contribution is 0.0724. The molecule has 0 aliphatic heterocycles. The minimum absolute atomic E-state index is 0.175. The second kappa shape index (κ2) is 12.8. The van der Waals surface area contributed by atoms with Gasteiger partial charge in [-0.15, -0.1) is 0 Å². The van der Waals surface area contributed by atoms with Gasteiger partial charge in [-0.25, -0.2) is 10.2 Å². The van der Waals surface area contributed by atoms with E-state index < -0.39 is 11.9 Å². The summed E-state index contributed by atoms with van der Waals surface area (Å²) in [5.41, 5.74) is 5.89. The number of nitrogens with zero attached hydrogens (tertiary/aromatic N) is 1. The largest absolute Gasteiger partial charge is 0.496 e. The van der Waals surface area contributed by atoms with Crippen molar-refractivity contribution in [1.82, 2.24) is 10.4 Å². The van der Waals surface area contributed by atoms with Crippen LogP contribution in [0.25, 0.3) is 22.0 Å². The predicted octanol–water partition coefficient (Wildman–Crippen LogP) is 7.53. The first-order chi connectivity index (χ1) is 20.4. The molecule has 0 atom stereocenters. The van der Waals surface area contributed by atoms with Gasteiger partial charge in [-0.2, -0.15) is 5.10 Å². The molecule has 0 fully saturated rings. The molecule has 0 aliphatic rings. The van der Waals surface area contributed by atoms with Gasteiger partial charge in [-0.3, -0.25) is 4.79 Å². The Morgan fingerprint density at radius 3 is 2.48 bits per heavy atom. The van der Waals surface area contributed by atoms with E-state index in [-0.39, 0.29) is 11.3 Å². The number of methoxy groups -OCH3 is 1. The number of hydrazone groups is 1. The number of H-pyrrole nitrogens is 1. The van der Waals surface area contributed by atoms with Gasteiger partial charge in [0.1, 0.15) is 17.0 Å². The molecular formula is C32H25Cl2N3O5. The summed E-state index contributed by atoms with van der Waals surface area (Å²) in [5, 5.41) is 5.90. The molecule has 2 N–H and O–H groups in total. The van der Waals surface area contributed by atoms with Gasteiger partial charge in [0.05, 0.1) is 19.9 Å². The average molecular weight is 602 g/mol. The summed E-state index contributed by atoms with van der Waals surface area (Å²) < 4.78 is 16.6. The summed E-state index contributed by atoms with van der Waals surface area (Å²) in [6.07, 6.45) is 1.46. The summed E-state index contributed by atoms with van der Waals surface area (Å²) >= 11 is 12.5. The first-order valence-corrected chi connectivity index (χ1v) is 13.7. The van der Waals surface area contributed by atoms with Crippen molar-refractivity contribution in [3.8, 4) is 28.4 Å². The molecule has 1 heterocycles. The second-order valence-electron chi connectivity index (χ2n) is 8.97. The molecule has 8 nitrogen and oxygen atoms in total. The van der Waals surface area contributed by atoms with Crippen molar-refractivity contribution in [3.05, 3.63) is 112 Å². The van der Waals surface area contributed by atoms with Crippen molar-refractivity contribution in [2.75, 3.05) is 13.7 Å². The number of hydrogen-bond donors (Lipinski definition) is 2. The third-order valence-electron chi connectivity index (χ3n) is 6.31. The summed E-state index contributed by atoms with van der Waals surface area (Å²) in [4.78, 5) is 29.3. The standard InChI is InChI=1S/C32H25Cl2N3O5/c1-3-41-28-16-19(12-14-27(28)42-32(39)23-17-20(33)13-15-26(23)40-2)18-35-37-31(38)30-29(21-8-4-6-10-24(21)34)22-9-5-7-11-25(22)36-30/h4-18,36H,3H2,1-2H3,(H,37,38). The molecule has 0 unspecified atom stereocenters. The number of nitrogens with one attached hydrogen (secondary N) is 2. The maximum absolute atomic E-state index is 13.3. The Labute approximate surface area is 251 Å². The molecule has 5 aromatic rings. The fourth-order valence-electron chi connectivity index (χ4n) is 4.43. The van der Waals surface area contributed by atoms with Crippen LogP contribution in [0.3, 0.4) is 0 Å². The third-order valence-corrected chi connectivity index (χ3v) is 6.87. The van der Waals surface area contributed by atoms with Crippen molar-refractivity contribution in [2.24, 2.45) is 5.10 Å². The van der Waals surface area contributed by atoms with Gasteiger partial charge >= 0.3 is 5.97 Å². The number of amides is 1. The SMILES string of the molecule is CCOc1cc(C=NNC(=O)c2[nH]c3ccccc3c2-c2ccccc2Cl)ccc1OC(=O)c1cc(Cl)ccc1OC. The van der Waals surface area contributed by atoms with Crippen molar-refractivity contribution in [1.29, 1.82) is 0 Å². The van der Waals surface area contributed by atoms with Gasteiger partial charge in [-0.1, -0.05) is 59.6 Å². The quantitative estimate of drug-likeness (QED) is 0.0786. The van der Waals surface area contributed by atoms with Gasteiger partial charge in [0.2, 0.25) is 0 Å². The van der Waals surface area contributed by atoms with Crippen LogP contribution in [0.15, 0.2) is 90.0 Å². The first kappa shape index (κ1) is 28.7. The highest BCUT2D eigenvalue weighted by Crippen LogP contribution is 2.36. The zero-order valence-electron chi connectivity index (χ0n) is 22.6. The molecule has 0 saturated heterocycles. The zero-order chi connectivity index (χ0) is 29.6. The molecule has 212 valence electrons. The lowest BCUT2D eigenvalue weighted by Gasteiger charge is -2.13. The fraction of sp³-hybridized carbons (Fsp3) is 0.0938. The minimum atomic E-state index is -0.656. The van der Waals surface area contributed by atoms with E-state index in [1.54, 1.807) is 36.4 Å². The van der Waals surface area contributed by atoms with E-state index in [1.807, 2.05) is 49.4 Å². The Kier molecular flexibility index (Phi) is 8.76. The van der Waals surface area contributed by atoms with Gasteiger partial charge in [0, 0.05) is 32.1 Å². The number of carbonyl (C=O) groups excluding carboxylic acids is 2. The lowest BCUT2D eigenvalue weighted by atomic mass is 10.0. The van der Waals surface area contributed by atoms with E-state index >= 15 is 0 Å². The van der Waals surface area contributed by atoms with Crippen LogP contribution in [0.5, 0.6) is 17.2 Å². The molecule has 5 rings (SSSR count). The number of carbonyl (C=O) groups is 2. The number of benzene rings is 4. The van der Waals surface area contributed by atoms with Gasteiger partial charge in [0.15, 0.2) is 11.5 Å². The smallest absolute Gasteiger partial charge is 0.347 e. The minimum Gasteiger partial charge on any atom is -0.496 e. The highest BCUT2D eigenvalue weighted by molar-refractivity contribution is 6.34. The van der Waals surface area contributed by atoms with Crippen LogP contribution in [-0.2, 0) is 0 Å². The molecule has 1 aromatic heterocycles. The zero-order valence-corrected chi connectivity index (χ0v) is 24.1. The molecule has 0 aliphatic carbocycles. The van der Waals surface area contributed by atoms with Crippen molar-refractivity contribution < 1.29 is 23.8 Å². The van der Waals surface area contributed by atoms with Crippen molar-refractivity contribution in [3.63, 3.8) is 0 Å². The second-order valence-corrected chi connectivity index (χ2v) is 9.82. The Morgan fingerprint density at radius 1 is 0.929 bits per heavy atom. The molecular weight excluding hydrogens is 577 g/mol. The van der Waals surface area contributed by atoms with Crippen LogP contribution in [0, 0.1) is 0 Å². The van der Waals surface area contributed by atoms with Gasteiger partial charge in [0.25, 0.3) is 5.91 Å². The van der Waals surface area contributed by atoms with Crippen LogP contribution in [0.1, 0.15) is 33.3 Å². The van der Waals surface area contributed by atoms with Gasteiger partial charge in [-0.05, 0) is 61.0 Å². The molecule has 0 bridgehead atoms. The third kappa shape index (κ3) is 6.10. The molecule has 42 heavy (non-hydrogen) atoms. The summed E-state index contributed by atoms with van der Waals surface area (Å²) in [6, 6.07) is 24.5. The van der Waals surface area contributed by atoms with Crippen LogP contribution in [0.4, 0.5) is 0 Å². The number of hydrogen-bond acceptors (Lipinski definition) is 6. The first-order valence-electron chi connectivity index (χ1n) is 12.9. The monoisotopic (exact) mass is 601 g/mol. The highest BCUT2D eigenvalue weighted by atomic mass is 35.5. The van der Waals surface area contributed by atoms with E-state index in [2.05, 4.69) is 15.5 Å². The normalized spacial score (nSPS) is 11.0. The van der Waals surface area contributed by atoms with Crippen LogP contribution >= 0.6 is 23.2 Å². The van der Waals surface area contributed by atoms with E-state index in [1.165, 1.54) is 19.4 Å². The number of para-hydroxylation sites is 1. The van der Waals surface area contributed by atoms with E-state index in [0.29, 0.717) is 45.0 Å². The van der Waals surface area contributed by atoms with E-state index in [0.717, 1.165) is 16.5 Å². The topological polar surface area (TPSA) is 102 Å². The number of halogens is 2. The lowest BCUT2D eigenvalue weighted by Crippen LogP contribution is -2.19. The van der Waals surface area contributed by atoms with Crippen LogP contribution in [-0.4, -0.2) is 36.8 Å². The fourth-order valence-corrected chi connectivity index (χ4v) is 4.83. The summed E-state index contributed by atoms with van der Waals surface area (Å²) in [7, 11) is 1.45. The Bertz CT molecular complexity index is 1820. The molecule has 10 heteroatoms. The van der Waals surface area contributed by atoms with Crippen molar-refractivity contribution >= 4 is 52.2 Å². The molecule has 4 aromatic carbocycles. The predicted molar refractivity (Wildman–Crippen MR) is 164 cm³/mol. The number of rotatable bonds is 9. The van der Waals surface area contributed by atoms with Crippen LogP contribution < -0.4 is 19.6 Å². The number of aromatic amines is 1. The number of ether oxygens (including phenoxy) is 3. The number of aromatic nitrogens is 1. The Morgan fingerprint density at radius 2 is 1.69 bits per heavy atom. The molecule has 0 radical (unpaired) electrons. The maximum atomic E-state index is 13.3. The number of esters is 1. The summed E-state index contributed by atoms with van der Waals surface area (Å²) in [5.74, 6) is -0.249. The Balaban J connectivity index is 1.37. The van der Waals surface area contributed by atoms with E-state index in [4.69, 9.17) is 37.4 Å². The summed E-state index contributed by atoms with van der Waals surface area (Å²) in [6.45, 7) is 2.14. The van der Waals surface area contributed by atoms with E-state index in [9.17, 15) is 9.59 Å². The van der Waals surface area contributed by atoms with Crippen molar-refractivity contribution in [2.45, 2.75) is 6.92 Å².